The van der Waals surface area contributed by atoms with Crippen LogP contribution in [0, 0.1) is 5.92 Å². The summed E-state index contributed by atoms with van der Waals surface area (Å²) in [5.74, 6) is -0.495. The van der Waals surface area contributed by atoms with Crippen LogP contribution in [0.3, 0.4) is 0 Å². The summed E-state index contributed by atoms with van der Waals surface area (Å²) < 4.78 is 0. The van der Waals surface area contributed by atoms with Crippen molar-refractivity contribution in [3.05, 3.63) is 12.3 Å². The summed E-state index contributed by atoms with van der Waals surface area (Å²) in [7, 11) is 0. The zero-order chi connectivity index (χ0) is 7.56. The average Bonchev–Trinajstić information content (AvgIpc) is 1.95. The number of nitrogens with zero attached hydrogens (tertiary/aromatic N) is 1. The smallest absolute Gasteiger partial charge is 0.232 e. The Morgan fingerprint density at radius 1 is 1.80 bits per heavy atom. The van der Waals surface area contributed by atoms with Crippen LogP contribution >= 0.6 is 0 Å². The van der Waals surface area contributed by atoms with Crippen LogP contribution in [0.15, 0.2) is 17.4 Å². The van der Waals surface area contributed by atoms with E-state index in [1.54, 1.807) is 13.0 Å². The molecule has 0 saturated carbocycles. The van der Waals surface area contributed by atoms with Gasteiger partial charge in [-0.3, -0.25) is 4.79 Å². The summed E-state index contributed by atoms with van der Waals surface area (Å²) >= 11 is 0. The summed E-state index contributed by atoms with van der Waals surface area (Å²) in [6, 6.07) is 0. The van der Waals surface area contributed by atoms with Gasteiger partial charge in [-0.05, 0) is 13.0 Å². The standard InChI is InChI=1S/C6H8N2O2/c1-4-5(8-10)2-3-7-6(4)9/h2-4,10H,1H3,(H,7,9). The topological polar surface area (TPSA) is 61.7 Å². The molecule has 1 atom stereocenters. The molecule has 4 nitrogen and oxygen atoms in total. The van der Waals surface area contributed by atoms with Crippen molar-refractivity contribution in [2.45, 2.75) is 6.92 Å². The largest absolute Gasteiger partial charge is 0.411 e. The van der Waals surface area contributed by atoms with E-state index in [2.05, 4.69) is 10.5 Å². The lowest BCUT2D eigenvalue weighted by Gasteiger charge is -2.12. The van der Waals surface area contributed by atoms with Gasteiger partial charge in [0.1, 0.15) is 0 Å². The Kier molecular flexibility index (Phi) is 1.71. The highest BCUT2D eigenvalue weighted by molar-refractivity contribution is 6.11. The molecule has 1 aliphatic rings. The second kappa shape index (κ2) is 2.51. The van der Waals surface area contributed by atoms with E-state index in [4.69, 9.17) is 5.21 Å². The number of nitrogens with one attached hydrogen (secondary N) is 1. The Balaban J connectivity index is 2.87. The summed E-state index contributed by atoms with van der Waals surface area (Å²) in [5.41, 5.74) is 0.392. The van der Waals surface area contributed by atoms with E-state index in [1.165, 1.54) is 6.20 Å². The molecule has 4 heteroatoms. The molecule has 0 bridgehead atoms. The molecule has 10 heavy (non-hydrogen) atoms. The van der Waals surface area contributed by atoms with E-state index in [0.29, 0.717) is 5.71 Å². The molecule has 2 N–H and O–H groups in total. The first-order valence-corrected chi connectivity index (χ1v) is 2.94. The van der Waals surface area contributed by atoms with Gasteiger partial charge in [0.25, 0.3) is 0 Å². The van der Waals surface area contributed by atoms with Gasteiger partial charge in [0.2, 0.25) is 5.91 Å². The van der Waals surface area contributed by atoms with Crippen LogP contribution in [0.25, 0.3) is 0 Å². The molecule has 1 aliphatic heterocycles. The monoisotopic (exact) mass is 140 g/mol. The Bertz CT molecular complexity index is 205. The molecule has 0 aromatic rings. The SMILES string of the molecule is CC1C(=O)NC=CC1=NO. The third-order valence-corrected chi connectivity index (χ3v) is 1.43. The van der Waals surface area contributed by atoms with E-state index in [9.17, 15) is 4.79 Å². The average molecular weight is 140 g/mol. The molecule has 0 saturated heterocycles. The third kappa shape index (κ3) is 1.00. The lowest BCUT2D eigenvalue weighted by Crippen LogP contribution is -2.33. The maximum atomic E-state index is 10.8. The van der Waals surface area contributed by atoms with Gasteiger partial charge in [-0.2, -0.15) is 0 Å². The van der Waals surface area contributed by atoms with Gasteiger partial charge in [0.05, 0.1) is 11.6 Å². The molecule has 1 unspecified atom stereocenters. The lowest BCUT2D eigenvalue weighted by atomic mass is 10.0. The molecular weight excluding hydrogens is 132 g/mol. The van der Waals surface area contributed by atoms with Crippen molar-refractivity contribution in [3.63, 3.8) is 0 Å². The lowest BCUT2D eigenvalue weighted by molar-refractivity contribution is -0.121. The molecule has 0 fully saturated rings. The molecule has 0 aromatic carbocycles. The van der Waals surface area contributed by atoms with Crippen molar-refractivity contribution in [1.82, 2.24) is 5.32 Å². The van der Waals surface area contributed by atoms with Gasteiger partial charge in [-0.1, -0.05) is 5.16 Å². The van der Waals surface area contributed by atoms with Crippen LogP contribution in [0.5, 0.6) is 0 Å². The fourth-order valence-electron chi connectivity index (χ4n) is 0.733. The predicted molar refractivity (Wildman–Crippen MR) is 35.7 cm³/mol. The molecule has 0 aromatic heterocycles. The van der Waals surface area contributed by atoms with Crippen molar-refractivity contribution in [2.75, 3.05) is 0 Å². The molecule has 1 rings (SSSR count). The van der Waals surface area contributed by atoms with Crippen LogP contribution in [0.2, 0.25) is 0 Å². The normalized spacial score (nSPS) is 28.7. The number of amides is 1. The number of allylic oxidation sites excluding steroid dienone is 1. The Hall–Kier alpha value is -1.32. The molecule has 0 aliphatic carbocycles. The van der Waals surface area contributed by atoms with E-state index in [-0.39, 0.29) is 11.8 Å². The number of carbonyl (C=O) groups is 1. The van der Waals surface area contributed by atoms with Gasteiger partial charge in [-0.15, -0.1) is 0 Å². The summed E-state index contributed by atoms with van der Waals surface area (Å²) in [4.78, 5) is 10.8. The second-order valence-corrected chi connectivity index (χ2v) is 2.09. The van der Waals surface area contributed by atoms with E-state index in [0.717, 1.165) is 0 Å². The highest BCUT2D eigenvalue weighted by atomic mass is 16.4. The van der Waals surface area contributed by atoms with E-state index < -0.39 is 0 Å². The Labute approximate surface area is 58.2 Å². The van der Waals surface area contributed by atoms with Crippen LogP contribution in [0.1, 0.15) is 6.92 Å². The van der Waals surface area contributed by atoms with Crippen molar-refractivity contribution in [3.8, 4) is 0 Å². The molecule has 0 spiro atoms. The number of oxime groups is 1. The number of carbonyl (C=O) groups excluding carboxylic acids is 1. The van der Waals surface area contributed by atoms with Crippen LogP contribution in [-0.2, 0) is 4.79 Å². The molecule has 1 heterocycles. The van der Waals surface area contributed by atoms with Gasteiger partial charge >= 0.3 is 0 Å². The fourth-order valence-corrected chi connectivity index (χ4v) is 0.733. The first kappa shape index (κ1) is 6.80. The van der Waals surface area contributed by atoms with Crippen molar-refractivity contribution in [2.24, 2.45) is 11.1 Å². The molecule has 1 amide bonds. The number of rotatable bonds is 0. The van der Waals surface area contributed by atoms with Crippen LogP contribution in [-0.4, -0.2) is 16.8 Å². The van der Waals surface area contributed by atoms with Gasteiger partial charge in [0, 0.05) is 6.20 Å². The number of hydrogen-bond acceptors (Lipinski definition) is 3. The van der Waals surface area contributed by atoms with E-state index >= 15 is 0 Å². The molecule has 0 radical (unpaired) electrons. The third-order valence-electron chi connectivity index (χ3n) is 1.43. The Morgan fingerprint density at radius 2 is 2.50 bits per heavy atom. The minimum atomic E-state index is -0.352. The Morgan fingerprint density at radius 3 is 3.00 bits per heavy atom. The minimum Gasteiger partial charge on any atom is -0.411 e. The predicted octanol–water partition coefficient (Wildman–Crippen LogP) is 0.0962. The number of hydrogen-bond donors (Lipinski definition) is 2. The van der Waals surface area contributed by atoms with E-state index in [1.807, 2.05) is 0 Å². The van der Waals surface area contributed by atoms with Crippen molar-refractivity contribution < 1.29 is 10.0 Å². The molecule has 54 valence electrons. The molecular formula is C6H8N2O2. The zero-order valence-corrected chi connectivity index (χ0v) is 5.53. The van der Waals surface area contributed by atoms with Gasteiger partial charge in [-0.25, -0.2) is 0 Å². The minimum absolute atomic E-state index is 0.143. The first-order chi connectivity index (χ1) is 4.75. The second-order valence-electron chi connectivity index (χ2n) is 2.09. The van der Waals surface area contributed by atoms with Crippen molar-refractivity contribution >= 4 is 11.6 Å². The summed E-state index contributed by atoms with van der Waals surface area (Å²) in [5, 5.41) is 13.8. The fraction of sp³-hybridized carbons (Fsp3) is 0.333. The van der Waals surface area contributed by atoms with Gasteiger partial charge < -0.3 is 10.5 Å². The zero-order valence-electron chi connectivity index (χ0n) is 5.53. The highest BCUT2D eigenvalue weighted by Crippen LogP contribution is 2.04. The van der Waals surface area contributed by atoms with Crippen LogP contribution in [0.4, 0.5) is 0 Å². The summed E-state index contributed by atoms with van der Waals surface area (Å²) in [6.45, 7) is 1.67. The van der Waals surface area contributed by atoms with Gasteiger partial charge in [0.15, 0.2) is 0 Å². The van der Waals surface area contributed by atoms with Crippen molar-refractivity contribution in [1.29, 1.82) is 0 Å². The highest BCUT2D eigenvalue weighted by Gasteiger charge is 2.19. The quantitative estimate of drug-likeness (QED) is 0.370. The first-order valence-electron chi connectivity index (χ1n) is 2.94. The summed E-state index contributed by atoms with van der Waals surface area (Å²) in [6.07, 6.45) is 3.02. The maximum Gasteiger partial charge on any atom is 0.232 e. The van der Waals surface area contributed by atoms with Crippen LogP contribution < -0.4 is 5.32 Å². The maximum absolute atomic E-state index is 10.8.